The van der Waals surface area contributed by atoms with E-state index in [0.717, 1.165) is 28.7 Å². The summed E-state index contributed by atoms with van der Waals surface area (Å²) in [6.07, 6.45) is 1.48. The molecule has 0 saturated carbocycles. The molecule has 158 valence electrons. The number of amides is 1. The van der Waals surface area contributed by atoms with Gasteiger partial charge >= 0.3 is 0 Å². The number of hydrogen-bond acceptors (Lipinski definition) is 4. The van der Waals surface area contributed by atoms with Crippen molar-refractivity contribution in [1.29, 1.82) is 0 Å². The molecule has 7 heteroatoms. The first-order valence-corrected chi connectivity index (χ1v) is 11.5. The zero-order valence-corrected chi connectivity index (χ0v) is 18.5. The average molecular weight is 419 g/mol. The zero-order valence-electron chi connectivity index (χ0n) is 17.7. The van der Waals surface area contributed by atoms with Gasteiger partial charge in [-0.3, -0.25) is 9.10 Å². The smallest absolute Gasteiger partial charge is 0.244 e. The van der Waals surface area contributed by atoms with Crippen LogP contribution in [0.3, 0.4) is 0 Å². The predicted octanol–water partition coefficient (Wildman–Crippen LogP) is 3.35. The van der Waals surface area contributed by atoms with Gasteiger partial charge in [0.2, 0.25) is 15.9 Å². The second kappa shape index (κ2) is 9.78. The second-order valence-electron chi connectivity index (χ2n) is 7.21. The highest BCUT2D eigenvalue weighted by Gasteiger charge is 2.31. The van der Waals surface area contributed by atoms with Gasteiger partial charge in [-0.15, -0.1) is 0 Å². The fourth-order valence-corrected chi connectivity index (χ4v) is 4.29. The summed E-state index contributed by atoms with van der Waals surface area (Å²) in [4.78, 5) is 12.8. The lowest BCUT2D eigenvalue weighted by molar-refractivity contribution is -0.122. The number of anilines is 1. The minimum absolute atomic E-state index is 0.286. The maximum atomic E-state index is 12.8. The molecule has 0 spiro atoms. The number of carbonyl (C=O) groups excluding carboxylic acids is 1. The largest absolute Gasteiger partial charge is 0.492 e. The number of aryl methyl sites for hydroxylation is 3. The van der Waals surface area contributed by atoms with Gasteiger partial charge in [-0.05, 0) is 68.1 Å². The van der Waals surface area contributed by atoms with E-state index < -0.39 is 16.1 Å². The quantitative estimate of drug-likeness (QED) is 0.634. The molecule has 1 N–H and O–H groups in total. The molecule has 0 unspecified atom stereocenters. The topological polar surface area (TPSA) is 75.7 Å². The molecule has 1 atom stereocenters. The van der Waals surface area contributed by atoms with Crippen LogP contribution in [-0.4, -0.2) is 39.8 Å². The fourth-order valence-electron chi connectivity index (χ4n) is 3.09. The molecular formula is C22H30N2O4S. The van der Waals surface area contributed by atoms with Gasteiger partial charge < -0.3 is 10.1 Å². The fraction of sp³-hybridized carbons (Fsp3) is 0.409. The monoisotopic (exact) mass is 418 g/mol. The van der Waals surface area contributed by atoms with Crippen LogP contribution in [0.5, 0.6) is 5.75 Å². The first kappa shape index (κ1) is 22.7. The van der Waals surface area contributed by atoms with Crippen LogP contribution in [0.25, 0.3) is 0 Å². The SMILES string of the molecule is CC[C@H](C(=O)NCCOc1cccc(C)c1)N(c1ccc(C)c(C)c1)S(C)(=O)=O. The maximum Gasteiger partial charge on any atom is 0.244 e. The van der Waals surface area contributed by atoms with E-state index in [4.69, 9.17) is 4.74 Å². The van der Waals surface area contributed by atoms with E-state index in [1.807, 2.05) is 51.1 Å². The summed E-state index contributed by atoms with van der Waals surface area (Å²) in [5, 5.41) is 2.80. The molecule has 0 radical (unpaired) electrons. The van der Waals surface area contributed by atoms with Gasteiger partial charge in [0.25, 0.3) is 0 Å². The van der Waals surface area contributed by atoms with Crippen LogP contribution in [-0.2, 0) is 14.8 Å². The van der Waals surface area contributed by atoms with E-state index in [9.17, 15) is 13.2 Å². The van der Waals surface area contributed by atoms with E-state index in [2.05, 4.69) is 5.32 Å². The minimum Gasteiger partial charge on any atom is -0.492 e. The van der Waals surface area contributed by atoms with Gasteiger partial charge in [-0.2, -0.15) is 0 Å². The van der Waals surface area contributed by atoms with Crippen molar-refractivity contribution in [3.63, 3.8) is 0 Å². The van der Waals surface area contributed by atoms with Gasteiger partial charge in [0, 0.05) is 0 Å². The molecule has 1 amide bonds. The van der Waals surface area contributed by atoms with Gasteiger partial charge in [0.05, 0.1) is 18.5 Å². The zero-order chi connectivity index (χ0) is 21.6. The molecule has 0 aliphatic carbocycles. The van der Waals surface area contributed by atoms with E-state index in [1.165, 1.54) is 4.31 Å². The average Bonchev–Trinajstić information content (AvgIpc) is 2.64. The van der Waals surface area contributed by atoms with Gasteiger partial charge in [0.15, 0.2) is 0 Å². The van der Waals surface area contributed by atoms with E-state index in [-0.39, 0.29) is 12.5 Å². The Morgan fingerprint density at radius 2 is 1.83 bits per heavy atom. The van der Waals surface area contributed by atoms with E-state index in [1.54, 1.807) is 19.1 Å². The number of rotatable bonds is 9. The van der Waals surface area contributed by atoms with Crippen molar-refractivity contribution in [3.8, 4) is 5.75 Å². The normalized spacial score (nSPS) is 12.3. The molecular weight excluding hydrogens is 388 g/mol. The number of carbonyl (C=O) groups is 1. The van der Waals surface area contributed by atoms with Crippen LogP contribution in [0.1, 0.15) is 30.0 Å². The number of nitrogens with one attached hydrogen (secondary N) is 1. The van der Waals surface area contributed by atoms with Crippen molar-refractivity contribution < 1.29 is 17.9 Å². The molecule has 0 fully saturated rings. The molecule has 2 aromatic rings. The molecule has 0 heterocycles. The molecule has 29 heavy (non-hydrogen) atoms. The van der Waals surface area contributed by atoms with Crippen LogP contribution in [0, 0.1) is 20.8 Å². The van der Waals surface area contributed by atoms with Crippen molar-refractivity contribution in [2.75, 3.05) is 23.7 Å². The highest BCUT2D eigenvalue weighted by Crippen LogP contribution is 2.25. The molecule has 0 aromatic heterocycles. The third-order valence-corrected chi connectivity index (χ3v) is 5.91. The van der Waals surface area contributed by atoms with Crippen molar-refractivity contribution in [2.24, 2.45) is 0 Å². The lowest BCUT2D eigenvalue weighted by Crippen LogP contribution is -2.50. The number of benzene rings is 2. The highest BCUT2D eigenvalue weighted by atomic mass is 32.2. The van der Waals surface area contributed by atoms with Crippen LogP contribution in [0.2, 0.25) is 0 Å². The van der Waals surface area contributed by atoms with Crippen molar-refractivity contribution >= 4 is 21.6 Å². The molecule has 6 nitrogen and oxygen atoms in total. The molecule has 0 aliphatic rings. The van der Waals surface area contributed by atoms with E-state index >= 15 is 0 Å². The number of hydrogen-bond donors (Lipinski definition) is 1. The predicted molar refractivity (Wildman–Crippen MR) is 117 cm³/mol. The summed E-state index contributed by atoms with van der Waals surface area (Å²) >= 11 is 0. The Kier molecular flexibility index (Phi) is 7.67. The number of ether oxygens (including phenoxy) is 1. The van der Waals surface area contributed by atoms with Crippen LogP contribution in [0.15, 0.2) is 42.5 Å². The Bertz CT molecular complexity index is 957. The molecule has 0 saturated heterocycles. The molecule has 0 bridgehead atoms. The van der Waals surface area contributed by atoms with Gasteiger partial charge in [0.1, 0.15) is 18.4 Å². The van der Waals surface area contributed by atoms with E-state index in [0.29, 0.717) is 18.7 Å². The summed E-state index contributed by atoms with van der Waals surface area (Å²) in [5.41, 5.74) is 3.62. The van der Waals surface area contributed by atoms with Crippen LogP contribution in [0.4, 0.5) is 5.69 Å². The second-order valence-corrected chi connectivity index (χ2v) is 9.07. The van der Waals surface area contributed by atoms with Crippen LogP contribution >= 0.6 is 0 Å². The van der Waals surface area contributed by atoms with Crippen LogP contribution < -0.4 is 14.4 Å². The van der Waals surface area contributed by atoms with Crippen molar-refractivity contribution in [1.82, 2.24) is 5.32 Å². The Morgan fingerprint density at radius 3 is 2.41 bits per heavy atom. The highest BCUT2D eigenvalue weighted by molar-refractivity contribution is 7.92. The Morgan fingerprint density at radius 1 is 1.10 bits per heavy atom. The summed E-state index contributed by atoms with van der Waals surface area (Å²) in [6.45, 7) is 8.24. The van der Waals surface area contributed by atoms with Crippen molar-refractivity contribution in [2.45, 2.75) is 40.2 Å². The van der Waals surface area contributed by atoms with Crippen molar-refractivity contribution in [3.05, 3.63) is 59.2 Å². The summed E-state index contributed by atoms with van der Waals surface area (Å²) in [6, 6.07) is 12.2. The number of nitrogens with zero attached hydrogens (tertiary/aromatic N) is 1. The minimum atomic E-state index is -3.64. The first-order valence-electron chi connectivity index (χ1n) is 9.67. The molecule has 2 rings (SSSR count). The maximum absolute atomic E-state index is 12.8. The summed E-state index contributed by atoms with van der Waals surface area (Å²) in [7, 11) is -3.64. The Balaban J connectivity index is 2.08. The first-order chi connectivity index (χ1) is 13.6. The third kappa shape index (κ3) is 6.22. The summed E-state index contributed by atoms with van der Waals surface area (Å²) < 4.78 is 31.9. The van der Waals surface area contributed by atoms with Gasteiger partial charge in [-0.1, -0.05) is 25.1 Å². The Labute approximate surface area is 173 Å². The molecule has 0 aliphatic heterocycles. The standard InChI is InChI=1S/C22H30N2O4S/c1-6-21(22(25)23-12-13-28-20-9-7-8-16(2)14-20)24(29(5,26)27)19-11-10-17(3)18(4)15-19/h7-11,14-15,21H,6,12-13H2,1-5H3,(H,23,25)/t21-/m1/s1. The lowest BCUT2D eigenvalue weighted by Gasteiger charge is -2.30. The lowest BCUT2D eigenvalue weighted by atomic mass is 10.1. The molecule has 2 aromatic carbocycles. The Hall–Kier alpha value is -2.54. The number of sulfonamides is 1. The summed E-state index contributed by atoms with van der Waals surface area (Å²) in [5.74, 6) is 0.392. The third-order valence-electron chi connectivity index (χ3n) is 4.73. The van der Waals surface area contributed by atoms with Gasteiger partial charge in [-0.25, -0.2) is 8.42 Å².